The lowest BCUT2D eigenvalue weighted by Gasteiger charge is -2.17. The molecule has 0 aliphatic carbocycles. The van der Waals surface area contributed by atoms with Crippen LogP contribution in [0.1, 0.15) is 17.2 Å². The Balaban J connectivity index is 2.75. The maximum atomic E-state index is 11.8. The van der Waals surface area contributed by atoms with Crippen molar-refractivity contribution < 1.29 is 18.7 Å². The third-order valence-corrected chi connectivity index (χ3v) is 4.32. The fraction of sp³-hybridized carbons (Fsp3) is 0.455. The van der Waals surface area contributed by atoms with E-state index in [9.17, 15) is 9.67 Å². The molecule has 1 N–H and O–H groups in total. The molecule has 0 bridgehead atoms. The largest absolute Gasteiger partial charge is 0.388 e. The van der Waals surface area contributed by atoms with Gasteiger partial charge in [-0.1, -0.05) is 29.8 Å². The van der Waals surface area contributed by atoms with Gasteiger partial charge in [0, 0.05) is 14.2 Å². The van der Waals surface area contributed by atoms with Gasteiger partial charge in [-0.2, -0.15) is 0 Å². The number of aryl methyl sites for hydroxylation is 1. The van der Waals surface area contributed by atoms with Crippen molar-refractivity contribution in [2.24, 2.45) is 0 Å². The van der Waals surface area contributed by atoms with Crippen LogP contribution in [0.2, 0.25) is 0 Å². The predicted molar refractivity (Wildman–Crippen MR) is 62.6 cm³/mol. The van der Waals surface area contributed by atoms with E-state index >= 15 is 0 Å². The van der Waals surface area contributed by atoms with Gasteiger partial charge in [-0.15, -0.1) is 0 Å². The summed E-state index contributed by atoms with van der Waals surface area (Å²) in [6.45, 7) is 1.96. The molecule has 1 aromatic rings. The van der Waals surface area contributed by atoms with Gasteiger partial charge in [-0.05, 0) is 12.5 Å². The number of hydrogen-bond acceptors (Lipinski definition) is 4. The van der Waals surface area contributed by atoms with Crippen LogP contribution in [-0.2, 0) is 13.6 Å². The summed E-state index contributed by atoms with van der Waals surface area (Å²) in [5, 5.41) is 9.88. The molecular weight excluding hydrogens is 227 g/mol. The van der Waals surface area contributed by atoms with Crippen molar-refractivity contribution in [1.82, 2.24) is 0 Å². The quantitative estimate of drug-likeness (QED) is 0.808. The average molecular weight is 244 g/mol. The van der Waals surface area contributed by atoms with E-state index < -0.39 is 13.7 Å². The number of aliphatic hydroxyl groups is 1. The van der Waals surface area contributed by atoms with E-state index in [4.69, 9.17) is 9.05 Å². The van der Waals surface area contributed by atoms with Gasteiger partial charge < -0.3 is 14.2 Å². The van der Waals surface area contributed by atoms with Gasteiger partial charge in [0.15, 0.2) is 0 Å². The molecule has 1 unspecified atom stereocenters. The van der Waals surface area contributed by atoms with Crippen molar-refractivity contribution in [2.45, 2.75) is 13.0 Å². The molecule has 0 spiro atoms. The Hall–Kier alpha value is -0.670. The van der Waals surface area contributed by atoms with Crippen molar-refractivity contribution >= 4 is 7.60 Å². The lowest BCUT2D eigenvalue weighted by atomic mass is 10.1. The summed E-state index contributed by atoms with van der Waals surface area (Å²) < 4.78 is 21.3. The minimum absolute atomic E-state index is 0.0386. The van der Waals surface area contributed by atoms with Crippen LogP contribution in [0.15, 0.2) is 24.3 Å². The van der Waals surface area contributed by atoms with E-state index in [0.29, 0.717) is 5.56 Å². The molecule has 4 nitrogen and oxygen atoms in total. The maximum absolute atomic E-state index is 11.8. The summed E-state index contributed by atoms with van der Waals surface area (Å²) in [5.74, 6) is 0. The fourth-order valence-electron chi connectivity index (χ4n) is 1.33. The first kappa shape index (κ1) is 13.4. The van der Waals surface area contributed by atoms with Crippen LogP contribution in [0.25, 0.3) is 0 Å². The summed E-state index contributed by atoms with van der Waals surface area (Å²) in [6, 6.07) is 7.39. The number of hydrogen-bond donors (Lipinski definition) is 1. The van der Waals surface area contributed by atoms with E-state index in [2.05, 4.69) is 0 Å². The molecule has 0 saturated carbocycles. The Morgan fingerprint density at radius 1 is 1.25 bits per heavy atom. The minimum Gasteiger partial charge on any atom is -0.388 e. The summed E-state index contributed by atoms with van der Waals surface area (Å²) >= 11 is 0. The van der Waals surface area contributed by atoms with Gasteiger partial charge in [0.2, 0.25) is 0 Å². The number of aliphatic hydroxyl groups excluding tert-OH is 1. The highest BCUT2D eigenvalue weighted by atomic mass is 31.2. The Morgan fingerprint density at radius 3 is 2.19 bits per heavy atom. The van der Waals surface area contributed by atoms with Gasteiger partial charge in [0.1, 0.15) is 0 Å². The van der Waals surface area contributed by atoms with E-state index in [1.54, 1.807) is 12.1 Å². The standard InChI is InChI=1S/C11H17O4P/c1-9-4-6-10(7-5-9)11(12)8-16(13,14-2)15-3/h4-7,11-12H,8H2,1-3H3. The molecule has 1 aromatic carbocycles. The third kappa shape index (κ3) is 3.42. The Kier molecular flexibility index (Phi) is 4.69. The minimum atomic E-state index is -3.16. The van der Waals surface area contributed by atoms with E-state index in [0.717, 1.165) is 5.56 Å². The lowest BCUT2D eigenvalue weighted by Crippen LogP contribution is -2.06. The molecule has 90 valence electrons. The summed E-state index contributed by atoms with van der Waals surface area (Å²) in [5.41, 5.74) is 1.82. The molecule has 0 heterocycles. The van der Waals surface area contributed by atoms with Crippen LogP contribution in [0.4, 0.5) is 0 Å². The normalized spacial score (nSPS) is 13.8. The highest BCUT2D eigenvalue weighted by molar-refractivity contribution is 7.53. The van der Waals surface area contributed by atoms with Crippen LogP contribution in [-0.4, -0.2) is 25.5 Å². The molecule has 0 aromatic heterocycles. The summed E-state index contributed by atoms with van der Waals surface area (Å²) in [4.78, 5) is 0. The molecule has 0 aliphatic rings. The smallest absolute Gasteiger partial charge is 0.333 e. The second-order valence-electron chi connectivity index (χ2n) is 3.59. The molecule has 0 radical (unpaired) electrons. The predicted octanol–water partition coefficient (Wildman–Crippen LogP) is 2.51. The molecule has 5 heteroatoms. The zero-order valence-corrected chi connectivity index (χ0v) is 10.6. The molecule has 1 atom stereocenters. The van der Waals surface area contributed by atoms with E-state index in [1.165, 1.54) is 14.2 Å². The van der Waals surface area contributed by atoms with Crippen molar-refractivity contribution in [1.29, 1.82) is 0 Å². The van der Waals surface area contributed by atoms with Crippen molar-refractivity contribution in [3.63, 3.8) is 0 Å². The van der Waals surface area contributed by atoms with Crippen LogP contribution < -0.4 is 0 Å². The van der Waals surface area contributed by atoms with Crippen molar-refractivity contribution in [2.75, 3.05) is 20.4 Å². The van der Waals surface area contributed by atoms with E-state index in [1.807, 2.05) is 19.1 Å². The number of rotatable bonds is 5. The zero-order chi connectivity index (χ0) is 12.2. The van der Waals surface area contributed by atoms with Crippen LogP contribution >= 0.6 is 7.60 Å². The topological polar surface area (TPSA) is 55.8 Å². The zero-order valence-electron chi connectivity index (χ0n) is 9.71. The van der Waals surface area contributed by atoms with Crippen molar-refractivity contribution in [3.05, 3.63) is 35.4 Å². The molecule has 0 amide bonds. The Labute approximate surface area is 95.7 Å². The second-order valence-corrected chi connectivity index (χ2v) is 5.90. The van der Waals surface area contributed by atoms with Crippen molar-refractivity contribution in [3.8, 4) is 0 Å². The third-order valence-electron chi connectivity index (χ3n) is 2.42. The average Bonchev–Trinajstić information content (AvgIpc) is 2.29. The molecule has 1 rings (SSSR count). The van der Waals surface area contributed by atoms with Gasteiger partial charge >= 0.3 is 7.60 Å². The monoisotopic (exact) mass is 244 g/mol. The fourth-order valence-corrected chi connectivity index (χ4v) is 2.41. The first-order chi connectivity index (χ1) is 7.50. The summed E-state index contributed by atoms with van der Waals surface area (Å²) in [7, 11) is -0.541. The molecule has 0 fully saturated rings. The molecule has 0 saturated heterocycles. The molecular formula is C11H17O4P. The Morgan fingerprint density at radius 2 is 1.75 bits per heavy atom. The molecule has 16 heavy (non-hydrogen) atoms. The van der Waals surface area contributed by atoms with E-state index in [-0.39, 0.29) is 6.16 Å². The Bertz CT molecular complexity index is 366. The van der Waals surface area contributed by atoms with Gasteiger partial charge in [-0.3, -0.25) is 4.57 Å². The van der Waals surface area contributed by atoms with Crippen LogP contribution in [0.3, 0.4) is 0 Å². The second kappa shape index (κ2) is 5.60. The highest BCUT2D eigenvalue weighted by Crippen LogP contribution is 2.49. The summed E-state index contributed by atoms with van der Waals surface area (Å²) in [6.07, 6.45) is -0.880. The SMILES string of the molecule is COP(=O)(CC(O)c1ccc(C)cc1)OC. The first-order valence-corrected chi connectivity index (χ1v) is 6.68. The maximum Gasteiger partial charge on any atom is 0.333 e. The lowest BCUT2D eigenvalue weighted by molar-refractivity contribution is 0.184. The van der Waals surface area contributed by atoms with Crippen LogP contribution in [0.5, 0.6) is 0 Å². The number of benzene rings is 1. The van der Waals surface area contributed by atoms with Gasteiger partial charge in [-0.25, -0.2) is 0 Å². The van der Waals surface area contributed by atoms with Gasteiger partial charge in [0.05, 0.1) is 12.3 Å². The molecule has 0 aliphatic heterocycles. The van der Waals surface area contributed by atoms with Gasteiger partial charge in [0.25, 0.3) is 0 Å². The first-order valence-electron chi connectivity index (χ1n) is 4.96. The highest BCUT2D eigenvalue weighted by Gasteiger charge is 2.26. The van der Waals surface area contributed by atoms with Crippen LogP contribution in [0, 0.1) is 6.92 Å².